The van der Waals surface area contributed by atoms with Crippen molar-refractivity contribution in [2.24, 2.45) is 11.0 Å². The van der Waals surface area contributed by atoms with Gasteiger partial charge in [-0.2, -0.15) is 5.10 Å². The molecular formula is C17H23N3O2. The van der Waals surface area contributed by atoms with E-state index in [2.05, 4.69) is 22.8 Å². The third-order valence-corrected chi connectivity index (χ3v) is 3.81. The highest BCUT2D eigenvalue weighted by Gasteiger charge is 2.14. The predicted molar refractivity (Wildman–Crippen MR) is 87.9 cm³/mol. The van der Waals surface area contributed by atoms with E-state index in [1.54, 1.807) is 31.2 Å². The van der Waals surface area contributed by atoms with Gasteiger partial charge in [-0.1, -0.05) is 13.8 Å². The Bertz CT molecular complexity index is 564. The third-order valence-electron chi connectivity index (χ3n) is 3.81. The maximum absolute atomic E-state index is 12.1. The smallest absolute Gasteiger partial charge is 0.271 e. The SMILES string of the molecule is CCC(=O)Nc1ccc(C(=O)N/N=C2/CCC[C@@H](C)C2)cc1. The third kappa shape index (κ3) is 4.69. The number of rotatable bonds is 4. The van der Waals surface area contributed by atoms with Crippen LogP contribution in [0.2, 0.25) is 0 Å². The van der Waals surface area contributed by atoms with Gasteiger partial charge in [-0.3, -0.25) is 9.59 Å². The molecule has 22 heavy (non-hydrogen) atoms. The van der Waals surface area contributed by atoms with Gasteiger partial charge in [0, 0.05) is 23.4 Å². The topological polar surface area (TPSA) is 70.6 Å². The number of anilines is 1. The normalized spacial score (nSPS) is 19.7. The molecule has 118 valence electrons. The highest BCUT2D eigenvalue weighted by molar-refractivity contribution is 5.96. The number of hydrazone groups is 1. The lowest BCUT2D eigenvalue weighted by molar-refractivity contribution is -0.115. The van der Waals surface area contributed by atoms with Crippen LogP contribution in [-0.4, -0.2) is 17.5 Å². The Morgan fingerprint density at radius 1 is 1.27 bits per heavy atom. The van der Waals surface area contributed by atoms with Gasteiger partial charge in [-0.25, -0.2) is 5.43 Å². The van der Waals surface area contributed by atoms with Gasteiger partial charge >= 0.3 is 0 Å². The molecule has 1 aromatic carbocycles. The molecule has 0 aromatic heterocycles. The largest absolute Gasteiger partial charge is 0.326 e. The van der Waals surface area contributed by atoms with Gasteiger partial charge in [-0.15, -0.1) is 0 Å². The van der Waals surface area contributed by atoms with Crippen molar-refractivity contribution < 1.29 is 9.59 Å². The summed E-state index contributed by atoms with van der Waals surface area (Å²) in [7, 11) is 0. The molecule has 0 spiro atoms. The van der Waals surface area contributed by atoms with Crippen LogP contribution in [0.15, 0.2) is 29.4 Å². The van der Waals surface area contributed by atoms with Crippen molar-refractivity contribution in [1.82, 2.24) is 5.43 Å². The van der Waals surface area contributed by atoms with Gasteiger partial charge < -0.3 is 5.32 Å². The molecule has 2 amide bonds. The molecule has 1 aliphatic rings. The molecule has 1 atom stereocenters. The van der Waals surface area contributed by atoms with E-state index in [4.69, 9.17) is 0 Å². The second-order valence-corrected chi connectivity index (χ2v) is 5.80. The molecule has 5 heteroatoms. The van der Waals surface area contributed by atoms with Crippen LogP contribution in [-0.2, 0) is 4.79 Å². The predicted octanol–water partition coefficient (Wildman–Crippen LogP) is 3.33. The molecule has 0 radical (unpaired) electrons. The van der Waals surface area contributed by atoms with Crippen molar-refractivity contribution in [3.63, 3.8) is 0 Å². The second-order valence-electron chi connectivity index (χ2n) is 5.80. The average Bonchev–Trinajstić information content (AvgIpc) is 2.53. The van der Waals surface area contributed by atoms with E-state index in [-0.39, 0.29) is 11.8 Å². The van der Waals surface area contributed by atoms with Gasteiger partial charge in [0.1, 0.15) is 0 Å². The Morgan fingerprint density at radius 2 is 2.00 bits per heavy atom. The standard InChI is InChI=1S/C17H23N3O2/c1-3-16(21)18-14-9-7-13(8-10-14)17(22)20-19-15-6-4-5-12(2)11-15/h7-10,12H,3-6,11H2,1-2H3,(H,18,21)(H,20,22)/b19-15-/t12-/m1/s1. The Morgan fingerprint density at radius 3 is 2.64 bits per heavy atom. The van der Waals surface area contributed by atoms with E-state index >= 15 is 0 Å². The summed E-state index contributed by atoms with van der Waals surface area (Å²) in [5, 5.41) is 6.99. The maximum Gasteiger partial charge on any atom is 0.271 e. The van der Waals surface area contributed by atoms with Crippen molar-refractivity contribution in [1.29, 1.82) is 0 Å². The number of amides is 2. The number of hydrogen-bond donors (Lipinski definition) is 2. The quantitative estimate of drug-likeness (QED) is 0.837. The van der Waals surface area contributed by atoms with Gasteiger partial charge in [0.15, 0.2) is 0 Å². The molecule has 1 fully saturated rings. The van der Waals surface area contributed by atoms with Gasteiger partial charge in [0.25, 0.3) is 5.91 Å². The molecule has 0 heterocycles. The van der Waals surface area contributed by atoms with E-state index in [9.17, 15) is 9.59 Å². The molecule has 1 saturated carbocycles. The zero-order valence-electron chi connectivity index (χ0n) is 13.2. The van der Waals surface area contributed by atoms with Crippen LogP contribution < -0.4 is 10.7 Å². The summed E-state index contributed by atoms with van der Waals surface area (Å²) in [6, 6.07) is 6.81. The number of carbonyl (C=O) groups excluding carboxylic acids is 2. The summed E-state index contributed by atoms with van der Waals surface area (Å²) in [6.45, 7) is 4.00. The summed E-state index contributed by atoms with van der Waals surface area (Å²) < 4.78 is 0. The zero-order valence-corrected chi connectivity index (χ0v) is 13.2. The van der Waals surface area contributed by atoms with E-state index in [0.29, 0.717) is 23.6 Å². The van der Waals surface area contributed by atoms with Crippen LogP contribution in [0, 0.1) is 5.92 Å². The minimum absolute atomic E-state index is 0.0463. The van der Waals surface area contributed by atoms with Gasteiger partial charge in [0.2, 0.25) is 5.91 Å². The zero-order chi connectivity index (χ0) is 15.9. The number of hydrogen-bond acceptors (Lipinski definition) is 3. The lowest BCUT2D eigenvalue weighted by atomic mass is 9.89. The summed E-state index contributed by atoms with van der Waals surface area (Å²) >= 11 is 0. The summed E-state index contributed by atoms with van der Waals surface area (Å²) in [4.78, 5) is 23.3. The van der Waals surface area contributed by atoms with Crippen LogP contribution in [0.1, 0.15) is 56.3 Å². The molecule has 1 aromatic rings. The Hall–Kier alpha value is -2.17. The van der Waals surface area contributed by atoms with Gasteiger partial charge in [-0.05, 0) is 55.9 Å². The molecule has 2 N–H and O–H groups in total. The maximum atomic E-state index is 12.1. The summed E-state index contributed by atoms with van der Waals surface area (Å²) in [5.74, 6) is 0.375. The monoisotopic (exact) mass is 301 g/mol. The first kappa shape index (κ1) is 16.2. The molecule has 0 bridgehead atoms. The summed E-state index contributed by atoms with van der Waals surface area (Å²) in [5.41, 5.74) is 4.91. The summed E-state index contributed by atoms with van der Waals surface area (Å²) in [6.07, 6.45) is 4.73. The molecule has 0 aliphatic heterocycles. The Labute approximate surface area is 131 Å². The van der Waals surface area contributed by atoms with Crippen molar-refractivity contribution in [3.8, 4) is 0 Å². The number of nitrogens with zero attached hydrogens (tertiary/aromatic N) is 1. The first-order valence-electron chi connectivity index (χ1n) is 7.84. The van der Waals surface area contributed by atoms with E-state index in [0.717, 1.165) is 25.0 Å². The van der Waals surface area contributed by atoms with Crippen molar-refractivity contribution >= 4 is 23.2 Å². The second kappa shape index (κ2) is 7.73. The number of carbonyl (C=O) groups is 2. The fraction of sp³-hybridized carbons (Fsp3) is 0.471. The van der Waals surface area contributed by atoms with Crippen LogP contribution in [0.4, 0.5) is 5.69 Å². The van der Waals surface area contributed by atoms with Crippen molar-refractivity contribution in [2.75, 3.05) is 5.32 Å². The highest BCUT2D eigenvalue weighted by atomic mass is 16.2. The lowest BCUT2D eigenvalue weighted by Gasteiger charge is -2.18. The molecule has 2 rings (SSSR count). The Balaban J connectivity index is 1.92. The molecular weight excluding hydrogens is 278 g/mol. The molecule has 5 nitrogen and oxygen atoms in total. The van der Waals surface area contributed by atoms with Crippen LogP contribution in [0.3, 0.4) is 0 Å². The van der Waals surface area contributed by atoms with Crippen LogP contribution in [0.5, 0.6) is 0 Å². The molecule has 0 unspecified atom stereocenters. The fourth-order valence-corrected chi connectivity index (χ4v) is 2.51. The van der Waals surface area contributed by atoms with Crippen LogP contribution >= 0.6 is 0 Å². The van der Waals surface area contributed by atoms with Crippen LogP contribution in [0.25, 0.3) is 0 Å². The fourth-order valence-electron chi connectivity index (χ4n) is 2.51. The van der Waals surface area contributed by atoms with E-state index in [1.807, 2.05) is 0 Å². The van der Waals surface area contributed by atoms with Gasteiger partial charge in [0.05, 0.1) is 0 Å². The average molecular weight is 301 g/mol. The molecule has 1 aliphatic carbocycles. The lowest BCUT2D eigenvalue weighted by Crippen LogP contribution is -2.22. The van der Waals surface area contributed by atoms with E-state index < -0.39 is 0 Å². The van der Waals surface area contributed by atoms with Crippen molar-refractivity contribution in [2.45, 2.75) is 46.0 Å². The minimum Gasteiger partial charge on any atom is -0.326 e. The Kier molecular flexibility index (Phi) is 5.69. The highest BCUT2D eigenvalue weighted by Crippen LogP contribution is 2.21. The minimum atomic E-state index is -0.223. The van der Waals surface area contributed by atoms with E-state index in [1.165, 1.54) is 6.42 Å². The number of nitrogens with one attached hydrogen (secondary N) is 2. The molecule has 0 saturated heterocycles. The number of benzene rings is 1. The first-order chi connectivity index (χ1) is 10.6. The first-order valence-corrected chi connectivity index (χ1v) is 7.84. The van der Waals surface area contributed by atoms with Crippen molar-refractivity contribution in [3.05, 3.63) is 29.8 Å².